The summed E-state index contributed by atoms with van der Waals surface area (Å²) < 4.78 is 0. The molecule has 2 aliphatic rings. The lowest BCUT2D eigenvalue weighted by molar-refractivity contribution is -0.143. The standard InChI is InChI=1S/C23H27Cl2N3O5/c1-13(29)28-11-3-6-19(28)21(30)27-18(23(32)33)12-14-7-9-15(10-8-14)26-22(31)20-16(24)4-2-5-17(20)25/h2,4-5,7,15,18-19H,3,6,8-12H2,1H3,(H,26,31)(H,27,30)(H,32,33). The van der Waals surface area contributed by atoms with Crippen LogP contribution < -0.4 is 10.6 Å². The van der Waals surface area contributed by atoms with Crippen LogP contribution in [0.3, 0.4) is 0 Å². The van der Waals surface area contributed by atoms with Crippen LogP contribution in [0.2, 0.25) is 10.0 Å². The number of rotatable bonds is 7. The lowest BCUT2D eigenvalue weighted by atomic mass is 9.91. The SMILES string of the molecule is CC(=O)N1CCCC1C(=O)NC(CC1=CCC(NC(=O)c2c(Cl)cccc2Cl)CC1)C(=O)O. The van der Waals surface area contributed by atoms with Gasteiger partial charge in [-0.15, -0.1) is 0 Å². The number of likely N-dealkylation sites (tertiary alicyclic amines) is 1. The molecule has 1 saturated heterocycles. The number of nitrogens with zero attached hydrogens (tertiary/aromatic N) is 1. The summed E-state index contributed by atoms with van der Waals surface area (Å²) in [7, 11) is 0. The average molecular weight is 496 g/mol. The summed E-state index contributed by atoms with van der Waals surface area (Å²) in [5.74, 6) is -2.11. The number of aliphatic carboxylic acids is 1. The molecule has 1 aliphatic heterocycles. The molecule has 33 heavy (non-hydrogen) atoms. The first-order valence-electron chi connectivity index (χ1n) is 10.9. The molecule has 0 bridgehead atoms. The second-order valence-electron chi connectivity index (χ2n) is 8.38. The molecule has 178 valence electrons. The number of carboxylic acid groups (broad SMARTS) is 1. The van der Waals surface area contributed by atoms with Crippen LogP contribution >= 0.6 is 23.2 Å². The smallest absolute Gasteiger partial charge is 0.326 e. The summed E-state index contributed by atoms with van der Waals surface area (Å²) in [5.41, 5.74) is 1.13. The number of halogens is 2. The third-order valence-electron chi connectivity index (χ3n) is 6.07. The molecule has 0 saturated carbocycles. The number of amides is 3. The number of carbonyl (C=O) groups is 4. The maximum absolute atomic E-state index is 12.6. The van der Waals surface area contributed by atoms with E-state index in [2.05, 4.69) is 10.6 Å². The Balaban J connectivity index is 1.57. The monoisotopic (exact) mass is 495 g/mol. The molecule has 8 nitrogen and oxygen atoms in total. The van der Waals surface area contributed by atoms with Crippen molar-refractivity contribution in [3.63, 3.8) is 0 Å². The van der Waals surface area contributed by atoms with Crippen molar-refractivity contribution in [2.45, 2.75) is 63.6 Å². The van der Waals surface area contributed by atoms with E-state index in [0.717, 1.165) is 5.57 Å². The minimum Gasteiger partial charge on any atom is -0.480 e. The van der Waals surface area contributed by atoms with Crippen molar-refractivity contribution in [3.05, 3.63) is 45.5 Å². The molecule has 3 unspecified atom stereocenters. The van der Waals surface area contributed by atoms with Crippen LogP contribution in [0.4, 0.5) is 0 Å². The topological polar surface area (TPSA) is 116 Å². The average Bonchev–Trinajstić information content (AvgIpc) is 3.25. The first-order chi connectivity index (χ1) is 15.7. The summed E-state index contributed by atoms with van der Waals surface area (Å²) in [6.07, 6.45) is 5.06. The highest BCUT2D eigenvalue weighted by molar-refractivity contribution is 6.39. The molecule has 1 heterocycles. The Hall–Kier alpha value is -2.58. The Bertz CT molecular complexity index is 961. The molecular weight excluding hydrogens is 469 g/mol. The van der Waals surface area contributed by atoms with Crippen LogP contribution in [-0.4, -0.2) is 58.4 Å². The third-order valence-corrected chi connectivity index (χ3v) is 6.70. The Morgan fingerprint density at radius 1 is 1.18 bits per heavy atom. The van der Waals surface area contributed by atoms with Gasteiger partial charge in [0.05, 0.1) is 15.6 Å². The minimum atomic E-state index is -1.12. The van der Waals surface area contributed by atoms with E-state index in [4.69, 9.17) is 23.2 Å². The van der Waals surface area contributed by atoms with E-state index in [1.165, 1.54) is 11.8 Å². The van der Waals surface area contributed by atoms with Gasteiger partial charge in [-0.1, -0.05) is 40.9 Å². The summed E-state index contributed by atoms with van der Waals surface area (Å²) in [6, 6.07) is 3.03. The van der Waals surface area contributed by atoms with Gasteiger partial charge in [0.25, 0.3) is 5.91 Å². The number of carbonyl (C=O) groups excluding carboxylic acids is 3. The van der Waals surface area contributed by atoms with Crippen LogP contribution in [0, 0.1) is 0 Å². The number of carboxylic acids is 1. The molecule has 3 rings (SSSR count). The van der Waals surface area contributed by atoms with Crippen molar-refractivity contribution >= 4 is 46.9 Å². The highest BCUT2D eigenvalue weighted by Gasteiger charge is 2.34. The first kappa shape index (κ1) is 25.1. The molecule has 3 N–H and O–H groups in total. The molecular formula is C23H27Cl2N3O5. The number of hydrogen-bond donors (Lipinski definition) is 3. The Labute approximate surface area is 202 Å². The number of benzene rings is 1. The summed E-state index contributed by atoms with van der Waals surface area (Å²) in [5, 5.41) is 15.7. The van der Waals surface area contributed by atoms with Crippen molar-refractivity contribution in [3.8, 4) is 0 Å². The van der Waals surface area contributed by atoms with E-state index in [-0.39, 0.29) is 39.9 Å². The van der Waals surface area contributed by atoms with Crippen LogP contribution in [0.1, 0.15) is 55.8 Å². The molecule has 1 aliphatic carbocycles. The van der Waals surface area contributed by atoms with E-state index in [1.807, 2.05) is 6.08 Å². The van der Waals surface area contributed by atoms with Gasteiger partial charge in [0.15, 0.2) is 0 Å². The van der Waals surface area contributed by atoms with E-state index < -0.39 is 24.0 Å². The molecule has 0 radical (unpaired) electrons. The quantitative estimate of drug-likeness (QED) is 0.502. The molecule has 1 aromatic rings. The van der Waals surface area contributed by atoms with Gasteiger partial charge in [0, 0.05) is 19.5 Å². The van der Waals surface area contributed by atoms with E-state index >= 15 is 0 Å². The Morgan fingerprint density at radius 3 is 2.45 bits per heavy atom. The van der Waals surface area contributed by atoms with Crippen molar-refractivity contribution in [2.24, 2.45) is 0 Å². The van der Waals surface area contributed by atoms with Crippen molar-refractivity contribution in [1.29, 1.82) is 0 Å². The lowest BCUT2D eigenvalue weighted by Crippen LogP contribution is -2.50. The molecule has 0 aromatic heterocycles. The van der Waals surface area contributed by atoms with Crippen molar-refractivity contribution in [1.82, 2.24) is 15.5 Å². The summed E-state index contributed by atoms with van der Waals surface area (Å²) in [4.78, 5) is 50.1. The van der Waals surface area contributed by atoms with E-state index in [0.29, 0.717) is 38.6 Å². The molecule has 1 fully saturated rings. The van der Waals surface area contributed by atoms with E-state index in [1.54, 1.807) is 18.2 Å². The summed E-state index contributed by atoms with van der Waals surface area (Å²) in [6.45, 7) is 1.91. The number of hydrogen-bond acceptors (Lipinski definition) is 4. The first-order valence-corrected chi connectivity index (χ1v) is 11.7. The van der Waals surface area contributed by atoms with Crippen LogP contribution in [0.25, 0.3) is 0 Å². The second-order valence-corrected chi connectivity index (χ2v) is 9.19. The van der Waals surface area contributed by atoms with Crippen LogP contribution in [0.5, 0.6) is 0 Å². The molecule has 3 amide bonds. The van der Waals surface area contributed by atoms with E-state index in [9.17, 15) is 24.3 Å². The highest BCUT2D eigenvalue weighted by Crippen LogP contribution is 2.26. The van der Waals surface area contributed by atoms with Gasteiger partial charge in [0.1, 0.15) is 12.1 Å². The molecule has 3 atom stereocenters. The van der Waals surface area contributed by atoms with Gasteiger partial charge in [-0.05, 0) is 50.7 Å². The zero-order valence-electron chi connectivity index (χ0n) is 18.3. The van der Waals surface area contributed by atoms with Gasteiger partial charge in [0.2, 0.25) is 11.8 Å². The zero-order valence-corrected chi connectivity index (χ0v) is 19.8. The Kier molecular flexibility index (Phi) is 8.37. The van der Waals surface area contributed by atoms with Gasteiger partial charge in [-0.25, -0.2) is 4.79 Å². The number of nitrogens with one attached hydrogen (secondary N) is 2. The van der Waals surface area contributed by atoms with Crippen LogP contribution in [0.15, 0.2) is 29.8 Å². The molecule has 1 aromatic carbocycles. The van der Waals surface area contributed by atoms with Gasteiger partial charge < -0.3 is 20.6 Å². The zero-order chi connectivity index (χ0) is 24.1. The fraction of sp³-hybridized carbons (Fsp3) is 0.478. The van der Waals surface area contributed by atoms with Crippen LogP contribution in [-0.2, 0) is 14.4 Å². The normalized spacial score (nSPS) is 21.2. The summed E-state index contributed by atoms with van der Waals surface area (Å²) >= 11 is 12.2. The largest absolute Gasteiger partial charge is 0.480 e. The molecule has 10 heteroatoms. The Morgan fingerprint density at radius 2 is 1.88 bits per heavy atom. The minimum absolute atomic E-state index is 0.130. The third kappa shape index (κ3) is 6.26. The lowest BCUT2D eigenvalue weighted by Gasteiger charge is -2.27. The highest BCUT2D eigenvalue weighted by atomic mass is 35.5. The van der Waals surface area contributed by atoms with Gasteiger partial charge >= 0.3 is 5.97 Å². The predicted molar refractivity (Wildman–Crippen MR) is 124 cm³/mol. The predicted octanol–water partition coefficient (Wildman–Crippen LogP) is 3.17. The van der Waals surface area contributed by atoms with Crippen molar-refractivity contribution < 1.29 is 24.3 Å². The van der Waals surface area contributed by atoms with Gasteiger partial charge in [-0.3, -0.25) is 14.4 Å². The fourth-order valence-corrected chi connectivity index (χ4v) is 4.89. The molecule has 0 spiro atoms. The fourth-order valence-electron chi connectivity index (χ4n) is 4.32. The van der Waals surface area contributed by atoms with Crippen molar-refractivity contribution in [2.75, 3.05) is 6.54 Å². The second kappa shape index (κ2) is 11.0. The van der Waals surface area contributed by atoms with Gasteiger partial charge in [-0.2, -0.15) is 0 Å². The maximum Gasteiger partial charge on any atom is 0.326 e. The maximum atomic E-state index is 12.6.